The molecule has 1 fully saturated rings. The van der Waals surface area contributed by atoms with Crippen LogP contribution in [0.1, 0.15) is 34.8 Å². The second-order valence-corrected chi connectivity index (χ2v) is 9.99. The van der Waals surface area contributed by atoms with Crippen molar-refractivity contribution in [3.8, 4) is 0 Å². The van der Waals surface area contributed by atoms with Gasteiger partial charge in [0.1, 0.15) is 23.2 Å². The number of carbonyl (C=O) groups is 1. The zero-order chi connectivity index (χ0) is 24.1. The lowest BCUT2D eigenvalue weighted by atomic mass is 10.1. The Balaban J connectivity index is 1.76. The molecule has 0 radical (unpaired) electrons. The lowest BCUT2D eigenvalue weighted by molar-refractivity contribution is -0.0778. The Kier molecular flexibility index (Phi) is 5.62. The van der Waals surface area contributed by atoms with Gasteiger partial charge in [-0.3, -0.25) is 23.6 Å². The first-order chi connectivity index (χ1) is 16.3. The van der Waals surface area contributed by atoms with Crippen LogP contribution in [0, 0.1) is 5.92 Å². The maximum Gasteiger partial charge on any atom is 0.331 e. The van der Waals surface area contributed by atoms with Crippen molar-refractivity contribution in [2.75, 3.05) is 13.2 Å². The van der Waals surface area contributed by atoms with Gasteiger partial charge in [0.05, 0.1) is 17.5 Å². The molecule has 0 aromatic carbocycles. The van der Waals surface area contributed by atoms with Crippen LogP contribution in [0.2, 0.25) is 0 Å². The summed E-state index contributed by atoms with van der Waals surface area (Å²) in [4.78, 5) is 50.8. The molecule has 1 amide bonds. The van der Waals surface area contributed by atoms with Crippen molar-refractivity contribution in [1.29, 1.82) is 0 Å². The summed E-state index contributed by atoms with van der Waals surface area (Å²) in [5.74, 6) is -0.350. The number of rotatable bonds is 5. The van der Waals surface area contributed by atoms with E-state index in [-0.39, 0.29) is 30.0 Å². The number of imidazole rings is 1. The van der Waals surface area contributed by atoms with Crippen molar-refractivity contribution in [1.82, 2.24) is 23.6 Å². The Bertz CT molecular complexity index is 1530. The zero-order valence-electron chi connectivity index (χ0n) is 19.1. The predicted molar refractivity (Wildman–Crippen MR) is 127 cm³/mol. The van der Waals surface area contributed by atoms with Gasteiger partial charge in [-0.2, -0.15) is 0 Å². The van der Waals surface area contributed by atoms with Gasteiger partial charge in [-0.15, -0.1) is 11.3 Å². The third-order valence-corrected chi connectivity index (χ3v) is 7.08. The minimum Gasteiger partial charge on any atom is -0.389 e. The summed E-state index contributed by atoms with van der Waals surface area (Å²) in [6.07, 6.45) is 3.17. The van der Waals surface area contributed by atoms with E-state index in [0.29, 0.717) is 22.7 Å². The number of carbonyl (C=O) groups excluding carboxylic acids is 1. The van der Waals surface area contributed by atoms with E-state index in [9.17, 15) is 19.5 Å². The average molecular weight is 484 g/mol. The molecule has 1 atom stereocenters. The van der Waals surface area contributed by atoms with Crippen molar-refractivity contribution >= 4 is 33.1 Å². The van der Waals surface area contributed by atoms with Gasteiger partial charge in [0.15, 0.2) is 0 Å². The van der Waals surface area contributed by atoms with E-state index in [4.69, 9.17) is 4.84 Å². The highest BCUT2D eigenvalue weighted by atomic mass is 32.1. The summed E-state index contributed by atoms with van der Waals surface area (Å²) < 4.78 is 4.54. The SMILES string of the molecule is CC(C)Cn1c(=O)n(C)c(=O)c2c(C(=O)N3C[C@H](O)CO3)c(Cc3cnc4ccccn34)sc21. The quantitative estimate of drug-likeness (QED) is 0.460. The van der Waals surface area contributed by atoms with Crippen LogP contribution in [0.5, 0.6) is 0 Å². The van der Waals surface area contributed by atoms with Gasteiger partial charge in [0, 0.05) is 43.0 Å². The molecular formula is C23H25N5O5S. The minimum atomic E-state index is -0.793. The molecule has 0 saturated carbocycles. The molecule has 5 heterocycles. The van der Waals surface area contributed by atoms with Crippen LogP contribution in [0.15, 0.2) is 40.2 Å². The fourth-order valence-electron chi connectivity index (χ4n) is 4.27. The van der Waals surface area contributed by atoms with Crippen molar-refractivity contribution < 1.29 is 14.7 Å². The molecule has 1 saturated heterocycles. The zero-order valence-corrected chi connectivity index (χ0v) is 19.9. The number of fused-ring (bicyclic) bond motifs is 2. The Morgan fingerprint density at radius 1 is 1.32 bits per heavy atom. The van der Waals surface area contributed by atoms with Crippen LogP contribution in [-0.4, -0.2) is 53.9 Å². The summed E-state index contributed by atoms with van der Waals surface area (Å²) in [5, 5.41) is 11.2. The van der Waals surface area contributed by atoms with E-state index in [1.807, 2.05) is 42.6 Å². The minimum absolute atomic E-state index is 0.00642. The average Bonchev–Trinajstić information content (AvgIpc) is 3.52. The second-order valence-electron chi connectivity index (χ2n) is 8.90. The van der Waals surface area contributed by atoms with Crippen molar-refractivity contribution in [3.63, 3.8) is 0 Å². The normalized spacial score (nSPS) is 16.4. The summed E-state index contributed by atoms with van der Waals surface area (Å²) in [7, 11) is 1.42. The number of hydrogen-bond acceptors (Lipinski definition) is 7. The first-order valence-corrected chi connectivity index (χ1v) is 11.9. The molecule has 10 nitrogen and oxygen atoms in total. The molecule has 1 N–H and O–H groups in total. The number of β-amino-alcohol motifs (C(OH)–C–C–N with tert-alkyl or cyclic N) is 1. The molecule has 4 aromatic rings. The number of aliphatic hydroxyl groups excluding tert-OH is 1. The lowest BCUT2D eigenvalue weighted by Gasteiger charge is -2.15. The molecular weight excluding hydrogens is 458 g/mol. The Labute approximate surface area is 198 Å². The molecule has 11 heteroatoms. The lowest BCUT2D eigenvalue weighted by Crippen LogP contribution is -2.39. The van der Waals surface area contributed by atoms with Crippen molar-refractivity contribution in [3.05, 3.63) is 67.6 Å². The Hall–Kier alpha value is -3.28. The molecule has 0 unspecified atom stereocenters. The van der Waals surface area contributed by atoms with E-state index < -0.39 is 23.3 Å². The number of pyridine rings is 1. The molecule has 0 bridgehead atoms. The summed E-state index contributed by atoms with van der Waals surface area (Å²) in [5.41, 5.74) is 0.876. The van der Waals surface area contributed by atoms with Gasteiger partial charge in [-0.05, 0) is 18.1 Å². The van der Waals surface area contributed by atoms with Gasteiger partial charge in [0.25, 0.3) is 11.5 Å². The third-order valence-electron chi connectivity index (χ3n) is 5.87. The van der Waals surface area contributed by atoms with Crippen LogP contribution in [0.3, 0.4) is 0 Å². The van der Waals surface area contributed by atoms with Gasteiger partial charge >= 0.3 is 5.69 Å². The van der Waals surface area contributed by atoms with E-state index in [0.717, 1.165) is 21.0 Å². The molecule has 0 spiro atoms. The van der Waals surface area contributed by atoms with Gasteiger partial charge in [-0.25, -0.2) is 14.8 Å². The van der Waals surface area contributed by atoms with Crippen LogP contribution < -0.4 is 11.2 Å². The number of hydrogen-bond donors (Lipinski definition) is 1. The molecule has 1 aliphatic rings. The highest BCUT2D eigenvalue weighted by molar-refractivity contribution is 7.19. The number of aliphatic hydroxyl groups is 1. The molecule has 4 aromatic heterocycles. The molecule has 34 heavy (non-hydrogen) atoms. The van der Waals surface area contributed by atoms with Gasteiger partial charge in [0.2, 0.25) is 0 Å². The number of hydroxylamine groups is 2. The van der Waals surface area contributed by atoms with E-state index >= 15 is 0 Å². The summed E-state index contributed by atoms with van der Waals surface area (Å²) in [6, 6.07) is 5.67. The number of thiophene rings is 1. The van der Waals surface area contributed by atoms with E-state index in [1.165, 1.54) is 18.4 Å². The number of amides is 1. The van der Waals surface area contributed by atoms with E-state index in [2.05, 4.69) is 4.98 Å². The van der Waals surface area contributed by atoms with Crippen molar-refractivity contribution in [2.24, 2.45) is 13.0 Å². The standard InChI is InChI=1S/C23H25N5O5S/c1-13(2)10-27-22-19(20(30)25(3)23(27)32)18(21(31)28-11-15(29)12-33-28)16(34-22)8-14-9-24-17-6-4-5-7-26(14)17/h4-7,9,13,15,29H,8,10-12H2,1-3H3/t15-/m0/s1. The largest absolute Gasteiger partial charge is 0.389 e. The fourth-order valence-corrected chi connectivity index (χ4v) is 5.57. The maximum atomic E-state index is 13.6. The van der Waals surface area contributed by atoms with Crippen LogP contribution in [0.25, 0.3) is 15.9 Å². The first-order valence-electron chi connectivity index (χ1n) is 11.0. The van der Waals surface area contributed by atoms with Crippen LogP contribution >= 0.6 is 11.3 Å². The molecule has 178 valence electrons. The van der Waals surface area contributed by atoms with Gasteiger partial charge < -0.3 is 9.51 Å². The Morgan fingerprint density at radius 2 is 2.12 bits per heavy atom. The Morgan fingerprint density at radius 3 is 2.82 bits per heavy atom. The van der Waals surface area contributed by atoms with Crippen LogP contribution in [0.4, 0.5) is 0 Å². The smallest absolute Gasteiger partial charge is 0.331 e. The van der Waals surface area contributed by atoms with Gasteiger partial charge in [-0.1, -0.05) is 19.9 Å². The molecule has 1 aliphatic heterocycles. The van der Waals surface area contributed by atoms with E-state index in [1.54, 1.807) is 10.8 Å². The fraction of sp³-hybridized carbons (Fsp3) is 0.391. The molecule has 5 rings (SSSR count). The number of aromatic nitrogens is 4. The first kappa shape index (κ1) is 22.5. The monoisotopic (exact) mass is 483 g/mol. The van der Waals surface area contributed by atoms with Crippen LogP contribution in [-0.2, 0) is 24.9 Å². The summed E-state index contributed by atoms with van der Waals surface area (Å²) in [6.45, 7) is 4.40. The highest BCUT2D eigenvalue weighted by Gasteiger charge is 2.33. The topological polar surface area (TPSA) is 111 Å². The van der Waals surface area contributed by atoms with Crippen molar-refractivity contribution in [2.45, 2.75) is 32.9 Å². The highest BCUT2D eigenvalue weighted by Crippen LogP contribution is 2.33. The maximum absolute atomic E-state index is 13.6. The predicted octanol–water partition coefficient (Wildman–Crippen LogP) is 1.40. The molecule has 0 aliphatic carbocycles. The third kappa shape index (κ3) is 3.65. The second kappa shape index (κ2) is 8.49. The number of nitrogens with zero attached hydrogens (tertiary/aromatic N) is 5. The summed E-state index contributed by atoms with van der Waals surface area (Å²) >= 11 is 1.27.